The summed E-state index contributed by atoms with van der Waals surface area (Å²) in [6, 6.07) is 3.46. The van der Waals surface area contributed by atoms with Crippen molar-refractivity contribution in [3.8, 4) is 5.75 Å². The molecule has 0 atom stereocenters. The van der Waals surface area contributed by atoms with Crippen molar-refractivity contribution in [2.24, 2.45) is 5.10 Å². The molecule has 0 radical (unpaired) electrons. The second kappa shape index (κ2) is 9.19. The third kappa shape index (κ3) is 5.70. The van der Waals surface area contributed by atoms with E-state index < -0.39 is 18.1 Å². The molecule has 0 spiro atoms. The molecule has 2 aromatic carbocycles. The van der Waals surface area contributed by atoms with Gasteiger partial charge in [-0.3, -0.25) is 0 Å². The van der Waals surface area contributed by atoms with E-state index in [1.165, 1.54) is 12.1 Å². The fourth-order valence-electron chi connectivity index (χ4n) is 2.04. The third-order valence-electron chi connectivity index (χ3n) is 3.47. The molecule has 0 bridgehead atoms. The number of benzene rings is 2. The SMILES string of the molecule is FC(F)(F)C(F)(F)C(F)(F)N/N=C\c1cc(Cl)cc(Br)c1OCc1cccc(Cl)c1. The molecule has 30 heavy (non-hydrogen) atoms. The number of ether oxygens (including phenoxy) is 1. The van der Waals surface area contributed by atoms with Gasteiger partial charge in [-0.25, -0.2) is 5.43 Å². The minimum atomic E-state index is -6.48. The van der Waals surface area contributed by atoms with Crippen LogP contribution in [0.3, 0.4) is 0 Å². The van der Waals surface area contributed by atoms with Crippen LogP contribution in [0, 0.1) is 0 Å². The highest BCUT2D eigenvalue weighted by Crippen LogP contribution is 2.45. The van der Waals surface area contributed by atoms with Gasteiger partial charge in [0.2, 0.25) is 0 Å². The number of alkyl halides is 7. The highest BCUT2D eigenvalue weighted by atomic mass is 79.9. The molecule has 164 valence electrons. The average molecular weight is 542 g/mol. The lowest BCUT2D eigenvalue weighted by Crippen LogP contribution is -2.58. The molecule has 0 saturated heterocycles. The Hall–Kier alpha value is -1.72. The number of rotatable bonds is 7. The smallest absolute Gasteiger partial charge is 0.462 e. The van der Waals surface area contributed by atoms with Crippen LogP contribution < -0.4 is 10.2 Å². The van der Waals surface area contributed by atoms with E-state index in [4.69, 9.17) is 27.9 Å². The topological polar surface area (TPSA) is 33.6 Å². The fourth-order valence-corrected chi connectivity index (χ4v) is 3.20. The molecule has 0 aromatic heterocycles. The van der Waals surface area contributed by atoms with Gasteiger partial charge in [-0.2, -0.15) is 35.8 Å². The molecule has 0 aliphatic carbocycles. The van der Waals surface area contributed by atoms with Crippen LogP contribution in [0.1, 0.15) is 11.1 Å². The predicted molar refractivity (Wildman–Crippen MR) is 102 cm³/mol. The summed E-state index contributed by atoms with van der Waals surface area (Å²) in [6.45, 7) is -0.0304. The summed E-state index contributed by atoms with van der Waals surface area (Å²) in [5, 5.41) is 3.34. The van der Waals surface area contributed by atoms with Crippen LogP contribution in [-0.2, 0) is 6.61 Å². The van der Waals surface area contributed by atoms with Crippen molar-refractivity contribution in [2.75, 3.05) is 0 Å². The predicted octanol–water partition coefficient (Wildman–Crippen LogP) is 7.05. The Balaban J connectivity index is 2.24. The van der Waals surface area contributed by atoms with Gasteiger partial charge in [-0.1, -0.05) is 35.3 Å². The second-order valence-electron chi connectivity index (χ2n) is 5.74. The molecule has 2 rings (SSSR count). The number of hydrazone groups is 1. The minimum Gasteiger partial charge on any atom is -0.487 e. The van der Waals surface area contributed by atoms with Crippen molar-refractivity contribution in [1.29, 1.82) is 0 Å². The van der Waals surface area contributed by atoms with Gasteiger partial charge in [0.1, 0.15) is 12.4 Å². The maximum absolute atomic E-state index is 13.3. The van der Waals surface area contributed by atoms with Crippen molar-refractivity contribution in [1.82, 2.24) is 5.43 Å². The summed E-state index contributed by atoms with van der Waals surface area (Å²) in [6.07, 6.45) is -5.91. The Morgan fingerprint density at radius 3 is 2.27 bits per heavy atom. The Kier molecular flexibility index (Phi) is 7.52. The molecule has 0 unspecified atom stereocenters. The van der Waals surface area contributed by atoms with Crippen LogP contribution in [0.25, 0.3) is 0 Å². The summed E-state index contributed by atoms with van der Waals surface area (Å²) < 4.78 is 94.7. The summed E-state index contributed by atoms with van der Waals surface area (Å²) in [7, 11) is 0. The first kappa shape index (κ1) is 24.5. The molecule has 13 heteroatoms. The Morgan fingerprint density at radius 2 is 1.67 bits per heavy atom. The molecule has 0 fully saturated rings. The van der Waals surface area contributed by atoms with Crippen LogP contribution in [-0.4, -0.2) is 24.4 Å². The summed E-state index contributed by atoms with van der Waals surface area (Å²) in [5.74, 6) is -6.33. The van der Waals surface area contributed by atoms with E-state index in [0.29, 0.717) is 22.2 Å². The largest absolute Gasteiger partial charge is 0.487 e. The van der Waals surface area contributed by atoms with Crippen molar-refractivity contribution in [3.05, 3.63) is 62.0 Å². The van der Waals surface area contributed by atoms with Gasteiger partial charge in [0.05, 0.1) is 10.7 Å². The van der Waals surface area contributed by atoms with Crippen LogP contribution in [0.4, 0.5) is 30.7 Å². The van der Waals surface area contributed by atoms with E-state index in [1.807, 2.05) is 0 Å². The molecule has 0 amide bonds. The molecule has 1 N–H and O–H groups in total. The standard InChI is InChI=1S/C17H10BrCl2F7N2O/c18-13-6-12(20)5-10(14(13)30-8-9-2-1-3-11(19)4-9)7-28-29-17(26,27)15(21,22)16(23,24)25/h1-7,29H,8H2/b28-7-. The van der Waals surface area contributed by atoms with Crippen LogP contribution >= 0.6 is 39.1 Å². The molecular weight excluding hydrogens is 532 g/mol. The highest BCUT2D eigenvalue weighted by Gasteiger charge is 2.73. The molecular formula is C17H10BrCl2F7N2O. The van der Waals surface area contributed by atoms with E-state index in [2.05, 4.69) is 21.0 Å². The van der Waals surface area contributed by atoms with E-state index >= 15 is 0 Å². The van der Waals surface area contributed by atoms with Gasteiger partial charge in [0.25, 0.3) is 0 Å². The van der Waals surface area contributed by atoms with Gasteiger partial charge in [-0.15, -0.1) is 0 Å². The lowest BCUT2D eigenvalue weighted by molar-refractivity contribution is -0.361. The molecule has 0 heterocycles. The lowest BCUT2D eigenvalue weighted by atomic mass is 10.2. The molecule has 3 nitrogen and oxygen atoms in total. The Bertz CT molecular complexity index is 939. The quantitative estimate of drug-likeness (QED) is 0.176. The van der Waals surface area contributed by atoms with Gasteiger partial charge >= 0.3 is 18.1 Å². The van der Waals surface area contributed by atoms with Gasteiger partial charge < -0.3 is 4.74 Å². The second-order valence-corrected chi connectivity index (χ2v) is 7.47. The molecule has 0 aliphatic rings. The molecule has 2 aromatic rings. The van der Waals surface area contributed by atoms with Crippen molar-refractivity contribution in [3.63, 3.8) is 0 Å². The number of hydrogen-bond acceptors (Lipinski definition) is 3. The van der Waals surface area contributed by atoms with E-state index in [-0.39, 0.29) is 27.4 Å². The first-order valence-corrected chi connectivity index (χ1v) is 9.28. The Labute approximate surface area is 183 Å². The van der Waals surface area contributed by atoms with E-state index in [0.717, 1.165) is 0 Å². The van der Waals surface area contributed by atoms with Crippen molar-refractivity contribution < 1.29 is 35.5 Å². The van der Waals surface area contributed by atoms with Crippen LogP contribution in [0.15, 0.2) is 46.0 Å². The van der Waals surface area contributed by atoms with Crippen LogP contribution in [0.2, 0.25) is 10.0 Å². The maximum atomic E-state index is 13.3. The van der Waals surface area contributed by atoms with E-state index in [9.17, 15) is 30.7 Å². The lowest BCUT2D eigenvalue weighted by Gasteiger charge is -2.27. The zero-order chi connectivity index (χ0) is 22.7. The summed E-state index contributed by atoms with van der Waals surface area (Å²) in [4.78, 5) is 0. The Morgan fingerprint density at radius 1 is 1.00 bits per heavy atom. The number of hydrogen-bond donors (Lipinski definition) is 1. The summed E-state index contributed by atoms with van der Waals surface area (Å²) >= 11 is 14.9. The number of halogens is 10. The van der Waals surface area contributed by atoms with Crippen molar-refractivity contribution >= 4 is 45.3 Å². The zero-order valence-corrected chi connectivity index (χ0v) is 17.5. The van der Waals surface area contributed by atoms with Crippen molar-refractivity contribution in [2.45, 2.75) is 24.8 Å². The first-order valence-electron chi connectivity index (χ1n) is 7.73. The first-order chi connectivity index (χ1) is 13.7. The fraction of sp³-hybridized carbons (Fsp3) is 0.235. The normalized spacial score (nSPS) is 13.0. The monoisotopic (exact) mass is 540 g/mol. The van der Waals surface area contributed by atoms with Crippen LogP contribution in [0.5, 0.6) is 5.75 Å². The minimum absolute atomic E-state index is 0.0239. The number of nitrogens with one attached hydrogen (secondary N) is 1. The van der Waals surface area contributed by atoms with E-state index in [1.54, 1.807) is 24.3 Å². The highest BCUT2D eigenvalue weighted by molar-refractivity contribution is 9.10. The van der Waals surface area contributed by atoms with Gasteiger partial charge in [-0.05, 0) is 45.8 Å². The third-order valence-corrected chi connectivity index (χ3v) is 4.51. The summed E-state index contributed by atoms with van der Waals surface area (Å²) in [5.41, 5.74) is 1.10. The maximum Gasteiger partial charge on any atom is 0.462 e. The van der Waals surface area contributed by atoms with Gasteiger partial charge in [0, 0.05) is 15.6 Å². The average Bonchev–Trinajstić information content (AvgIpc) is 2.59. The zero-order valence-electron chi connectivity index (χ0n) is 14.4. The number of nitrogens with zero attached hydrogens (tertiary/aromatic N) is 1. The molecule has 0 aliphatic heterocycles. The van der Waals surface area contributed by atoms with Gasteiger partial charge in [0.15, 0.2) is 0 Å². The molecule has 0 saturated carbocycles.